The monoisotopic (exact) mass is 378 g/mol. The molecule has 1 amide bonds. The van der Waals surface area contributed by atoms with E-state index in [9.17, 15) is 4.79 Å². The third-order valence-electron chi connectivity index (χ3n) is 7.19. The Kier molecular flexibility index (Phi) is 4.50. The summed E-state index contributed by atoms with van der Waals surface area (Å²) in [5.74, 6) is 1.90. The molecule has 2 aromatic rings. The first-order chi connectivity index (χ1) is 13.7. The predicted molar refractivity (Wildman–Crippen MR) is 109 cm³/mol. The summed E-state index contributed by atoms with van der Waals surface area (Å²) in [6.07, 6.45) is 8.42. The van der Waals surface area contributed by atoms with Gasteiger partial charge in [0.1, 0.15) is 5.82 Å². The Morgan fingerprint density at radius 1 is 1.29 bits per heavy atom. The quantitative estimate of drug-likeness (QED) is 0.840. The molecular formula is C23H30N4O. The number of rotatable bonds is 6. The van der Waals surface area contributed by atoms with Crippen LogP contribution in [0.15, 0.2) is 42.7 Å². The number of nitrogens with zero attached hydrogens (tertiary/aromatic N) is 3. The number of aromatic nitrogens is 2. The number of nitrogens with one attached hydrogen (secondary N) is 1. The Hall–Kier alpha value is -2.14. The Morgan fingerprint density at radius 3 is 2.82 bits per heavy atom. The fourth-order valence-electron chi connectivity index (χ4n) is 5.25. The molecular weight excluding hydrogens is 348 g/mol. The van der Waals surface area contributed by atoms with E-state index in [-0.39, 0.29) is 5.92 Å². The van der Waals surface area contributed by atoms with E-state index in [2.05, 4.69) is 51.0 Å². The zero-order chi connectivity index (χ0) is 19.1. The summed E-state index contributed by atoms with van der Waals surface area (Å²) in [4.78, 5) is 20.4. The highest BCUT2D eigenvalue weighted by Crippen LogP contribution is 2.58. The van der Waals surface area contributed by atoms with Crippen LogP contribution < -0.4 is 5.32 Å². The second kappa shape index (κ2) is 7.03. The lowest BCUT2D eigenvalue weighted by Crippen LogP contribution is -2.40. The highest BCUT2D eigenvalue weighted by Gasteiger charge is 2.59. The first-order valence-corrected chi connectivity index (χ1v) is 10.8. The fraction of sp³-hybridized carbons (Fsp3) is 0.565. The summed E-state index contributed by atoms with van der Waals surface area (Å²) in [5, 5.41) is 3.48. The Labute approximate surface area is 167 Å². The summed E-state index contributed by atoms with van der Waals surface area (Å²) in [6, 6.07) is 10.9. The molecule has 0 bridgehead atoms. The number of piperidine rings is 1. The molecule has 148 valence electrons. The van der Waals surface area contributed by atoms with E-state index in [0.29, 0.717) is 29.8 Å². The molecule has 1 spiro atoms. The molecule has 5 heteroatoms. The minimum absolute atomic E-state index is 0.145. The highest BCUT2D eigenvalue weighted by molar-refractivity contribution is 5.83. The van der Waals surface area contributed by atoms with Crippen LogP contribution in [0.3, 0.4) is 0 Å². The summed E-state index contributed by atoms with van der Waals surface area (Å²) in [7, 11) is 0. The van der Waals surface area contributed by atoms with Crippen molar-refractivity contribution in [1.82, 2.24) is 19.8 Å². The SMILES string of the molecule is CCn1ccnc1CN(C(=O)[C@@H]1C[C@H]1c1ccccc1)[C@@H]1CC12CCNCC2. The van der Waals surface area contributed by atoms with E-state index in [1.54, 1.807) is 0 Å². The van der Waals surface area contributed by atoms with Gasteiger partial charge < -0.3 is 14.8 Å². The molecule has 28 heavy (non-hydrogen) atoms. The van der Waals surface area contributed by atoms with Gasteiger partial charge in [-0.3, -0.25) is 4.79 Å². The summed E-state index contributed by atoms with van der Waals surface area (Å²) in [6.45, 7) is 5.84. The van der Waals surface area contributed by atoms with Crippen molar-refractivity contribution in [1.29, 1.82) is 0 Å². The largest absolute Gasteiger partial charge is 0.334 e. The van der Waals surface area contributed by atoms with Crippen molar-refractivity contribution in [2.75, 3.05) is 13.1 Å². The van der Waals surface area contributed by atoms with Gasteiger partial charge >= 0.3 is 0 Å². The standard InChI is InChI=1S/C23H30N4O/c1-2-26-13-12-25-21(26)16-27(20-15-23(20)8-10-24-11-9-23)22(28)19-14-18(19)17-6-4-3-5-7-17/h3-7,12-13,18-20,24H,2,8-11,14-16H2,1H3/t18-,19+,20+/m0/s1. The second-order valence-corrected chi connectivity index (χ2v) is 8.79. The van der Waals surface area contributed by atoms with E-state index >= 15 is 0 Å². The molecule has 3 fully saturated rings. The van der Waals surface area contributed by atoms with Crippen LogP contribution in [0, 0.1) is 11.3 Å². The van der Waals surface area contributed by atoms with Crippen LogP contribution in [-0.2, 0) is 17.9 Å². The zero-order valence-corrected chi connectivity index (χ0v) is 16.7. The van der Waals surface area contributed by atoms with Gasteiger partial charge in [0, 0.05) is 30.9 Å². The molecule has 3 atom stereocenters. The lowest BCUT2D eigenvalue weighted by molar-refractivity contribution is -0.134. The Morgan fingerprint density at radius 2 is 2.07 bits per heavy atom. The van der Waals surface area contributed by atoms with Crippen LogP contribution in [0.25, 0.3) is 0 Å². The second-order valence-electron chi connectivity index (χ2n) is 8.79. The smallest absolute Gasteiger partial charge is 0.226 e. The first kappa shape index (κ1) is 17.9. The molecule has 2 saturated carbocycles. The minimum atomic E-state index is 0.145. The van der Waals surface area contributed by atoms with Crippen molar-refractivity contribution in [3.05, 3.63) is 54.1 Å². The molecule has 1 aliphatic heterocycles. The van der Waals surface area contributed by atoms with Crippen LogP contribution in [0.2, 0.25) is 0 Å². The maximum absolute atomic E-state index is 13.6. The third kappa shape index (κ3) is 3.16. The lowest BCUT2D eigenvalue weighted by Gasteiger charge is -2.30. The number of hydrogen-bond donors (Lipinski definition) is 1. The van der Waals surface area contributed by atoms with E-state index in [1.165, 1.54) is 18.4 Å². The van der Waals surface area contributed by atoms with E-state index in [0.717, 1.165) is 38.3 Å². The lowest BCUT2D eigenvalue weighted by atomic mass is 9.93. The van der Waals surface area contributed by atoms with Crippen LogP contribution in [0.4, 0.5) is 0 Å². The topological polar surface area (TPSA) is 50.2 Å². The molecule has 5 rings (SSSR count). The number of benzene rings is 1. The average molecular weight is 379 g/mol. The molecule has 2 aliphatic carbocycles. The van der Waals surface area contributed by atoms with E-state index in [4.69, 9.17) is 0 Å². The highest BCUT2D eigenvalue weighted by atomic mass is 16.2. The van der Waals surface area contributed by atoms with Gasteiger partial charge in [0.25, 0.3) is 0 Å². The molecule has 2 heterocycles. The third-order valence-corrected chi connectivity index (χ3v) is 7.19. The number of amides is 1. The van der Waals surface area contributed by atoms with Crippen molar-refractivity contribution in [2.45, 2.75) is 57.7 Å². The van der Waals surface area contributed by atoms with Gasteiger partial charge in [-0.15, -0.1) is 0 Å². The summed E-state index contributed by atoms with van der Waals surface area (Å²) in [5.41, 5.74) is 1.66. The first-order valence-electron chi connectivity index (χ1n) is 10.8. The van der Waals surface area contributed by atoms with E-state index in [1.807, 2.05) is 18.5 Å². The van der Waals surface area contributed by atoms with Gasteiger partial charge in [0.15, 0.2) is 0 Å². The fourth-order valence-corrected chi connectivity index (χ4v) is 5.25. The molecule has 0 radical (unpaired) electrons. The van der Waals surface area contributed by atoms with E-state index < -0.39 is 0 Å². The van der Waals surface area contributed by atoms with Crippen LogP contribution in [0.5, 0.6) is 0 Å². The molecule has 1 N–H and O–H groups in total. The molecule has 1 saturated heterocycles. The van der Waals surface area contributed by atoms with Gasteiger partial charge in [-0.1, -0.05) is 30.3 Å². The number of carbonyl (C=O) groups excluding carboxylic acids is 1. The number of aryl methyl sites for hydroxylation is 1. The zero-order valence-electron chi connectivity index (χ0n) is 16.7. The van der Waals surface area contributed by atoms with Crippen LogP contribution in [0.1, 0.15) is 49.9 Å². The number of imidazole rings is 1. The summed E-state index contributed by atoms with van der Waals surface area (Å²) < 4.78 is 2.17. The Balaban J connectivity index is 1.36. The maximum atomic E-state index is 13.6. The van der Waals surface area contributed by atoms with Gasteiger partial charge in [0.2, 0.25) is 5.91 Å². The molecule has 1 aromatic heterocycles. The van der Waals surface area contributed by atoms with Crippen molar-refractivity contribution >= 4 is 5.91 Å². The van der Waals surface area contributed by atoms with Crippen LogP contribution in [-0.4, -0.2) is 39.5 Å². The Bertz CT molecular complexity index is 839. The normalized spacial score (nSPS) is 27.5. The van der Waals surface area contributed by atoms with Crippen molar-refractivity contribution in [3.8, 4) is 0 Å². The van der Waals surface area contributed by atoms with Crippen molar-refractivity contribution < 1.29 is 4.79 Å². The number of carbonyl (C=O) groups is 1. The van der Waals surface area contributed by atoms with Gasteiger partial charge in [-0.25, -0.2) is 4.98 Å². The average Bonchev–Trinajstić information content (AvgIpc) is 3.62. The van der Waals surface area contributed by atoms with Gasteiger partial charge in [0.05, 0.1) is 6.54 Å². The van der Waals surface area contributed by atoms with Crippen LogP contribution >= 0.6 is 0 Å². The molecule has 1 aromatic carbocycles. The van der Waals surface area contributed by atoms with Crippen molar-refractivity contribution in [3.63, 3.8) is 0 Å². The van der Waals surface area contributed by atoms with Gasteiger partial charge in [-0.2, -0.15) is 0 Å². The maximum Gasteiger partial charge on any atom is 0.226 e. The number of hydrogen-bond acceptors (Lipinski definition) is 3. The predicted octanol–water partition coefficient (Wildman–Crippen LogP) is 3.18. The molecule has 5 nitrogen and oxygen atoms in total. The molecule has 3 aliphatic rings. The van der Waals surface area contributed by atoms with Crippen molar-refractivity contribution in [2.24, 2.45) is 11.3 Å². The van der Waals surface area contributed by atoms with Gasteiger partial charge in [-0.05, 0) is 62.6 Å². The summed E-state index contributed by atoms with van der Waals surface area (Å²) >= 11 is 0. The minimum Gasteiger partial charge on any atom is -0.334 e. The molecule has 0 unspecified atom stereocenters.